The third-order valence-corrected chi connectivity index (χ3v) is 8.10. The maximum Gasteiger partial charge on any atom is 0.240 e. The van der Waals surface area contributed by atoms with Gasteiger partial charge in [-0.2, -0.15) is 0 Å². The van der Waals surface area contributed by atoms with Gasteiger partial charge in [0, 0.05) is 41.0 Å². The number of hydrogen-bond donors (Lipinski definition) is 1. The summed E-state index contributed by atoms with van der Waals surface area (Å²) >= 11 is 1.48. The van der Waals surface area contributed by atoms with Crippen molar-refractivity contribution in [2.75, 3.05) is 11.5 Å². The molecule has 2 aromatic heterocycles. The third kappa shape index (κ3) is 4.04. The van der Waals surface area contributed by atoms with Crippen molar-refractivity contribution in [2.45, 2.75) is 62.2 Å². The van der Waals surface area contributed by atoms with Crippen LogP contribution in [-0.2, 0) is 22.5 Å². The number of carbonyl (C=O) groups excluding carboxylic acids is 1. The summed E-state index contributed by atoms with van der Waals surface area (Å²) in [5, 5.41) is 10.7. The summed E-state index contributed by atoms with van der Waals surface area (Å²) in [6, 6.07) is 16.6. The van der Waals surface area contributed by atoms with Crippen LogP contribution in [0.4, 0.5) is 5.69 Å². The molecule has 0 bridgehead atoms. The van der Waals surface area contributed by atoms with Gasteiger partial charge in [-0.05, 0) is 50.8 Å². The van der Waals surface area contributed by atoms with Crippen LogP contribution >= 0.6 is 11.8 Å². The number of H-pyrrole nitrogens is 1. The molecule has 1 fully saturated rings. The van der Waals surface area contributed by atoms with Crippen LogP contribution in [0.1, 0.15) is 32.3 Å². The molecule has 7 nitrogen and oxygen atoms in total. The minimum absolute atomic E-state index is 0.104. The molecular weight excluding hydrogens is 458 g/mol. The number of amides is 1. The first-order valence-electron chi connectivity index (χ1n) is 12.3. The van der Waals surface area contributed by atoms with E-state index in [9.17, 15) is 4.79 Å². The summed E-state index contributed by atoms with van der Waals surface area (Å²) in [5.74, 6) is 0.910. The van der Waals surface area contributed by atoms with Crippen molar-refractivity contribution in [1.82, 2.24) is 19.7 Å². The first kappa shape index (κ1) is 22.4. The van der Waals surface area contributed by atoms with Crippen molar-refractivity contribution in [3.63, 3.8) is 0 Å². The number of para-hydroxylation sites is 2. The molecule has 3 unspecified atom stereocenters. The molecule has 0 saturated carbocycles. The molecule has 4 aromatic rings. The summed E-state index contributed by atoms with van der Waals surface area (Å²) in [4.78, 5) is 18.9. The van der Waals surface area contributed by atoms with Gasteiger partial charge in [0.05, 0.1) is 17.9 Å². The van der Waals surface area contributed by atoms with E-state index >= 15 is 0 Å². The Hall–Kier alpha value is -3.10. The van der Waals surface area contributed by atoms with Crippen molar-refractivity contribution in [1.29, 1.82) is 0 Å². The minimum Gasteiger partial charge on any atom is -0.376 e. The Kier molecular flexibility index (Phi) is 5.86. The van der Waals surface area contributed by atoms with Gasteiger partial charge in [0.25, 0.3) is 0 Å². The van der Waals surface area contributed by atoms with E-state index in [0.717, 1.165) is 59.0 Å². The summed E-state index contributed by atoms with van der Waals surface area (Å²) in [7, 11) is 0. The lowest BCUT2D eigenvalue weighted by Crippen LogP contribution is -2.40. The SMILES string of the molecule is CC(Sc1nnc(-c2c[nH]c3ccccc23)n1CC1CCCO1)C(=O)N1c2ccccc2CC1C. The number of ether oxygens (including phenoxy) is 1. The van der Waals surface area contributed by atoms with Gasteiger partial charge in [-0.1, -0.05) is 48.2 Å². The quantitative estimate of drug-likeness (QED) is 0.385. The van der Waals surface area contributed by atoms with Crippen molar-refractivity contribution < 1.29 is 9.53 Å². The molecular formula is C27H29N5O2S. The molecule has 2 aliphatic heterocycles. The van der Waals surface area contributed by atoms with Gasteiger partial charge in [-0.15, -0.1) is 10.2 Å². The van der Waals surface area contributed by atoms with E-state index in [1.54, 1.807) is 0 Å². The Labute approximate surface area is 208 Å². The molecule has 0 aliphatic carbocycles. The van der Waals surface area contributed by atoms with Crippen molar-refractivity contribution in [2.24, 2.45) is 0 Å². The lowest BCUT2D eigenvalue weighted by atomic mass is 10.1. The Morgan fingerprint density at radius 2 is 2.03 bits per heavy atom. The van der Waals surface area contributed by atoms with Crippen LogP contribution in [-0.4, -0.2) is 49.7 Å². The second kappa shape index (κ2) is 9.17. The second-order valence-electron chi connectivity index (χ2n) is 9.45. The molecule has 2 aliphatic rings. The molecule has 180 valence electrons. The highest BCUT2D eigenvalue weighted by Crippen LogP contribution is 2.36. The highest BCUT2D eigenvalue weighted by molar-refractivity contribution is 8.00. The highest BCUT2D eigenvalue weighted by atomic mass is 32.2. The average Bonchev–Trinajstić information content (AvgIpc) is 3.65. The molecule has 1 amide bonds. The van der Waals surface area contributed by atoms with Gasteiger partial charge >= 0.3 is 0 Å². The predicted molar refractivity (Wildman–Crippen MR) is 139 cm³/mol. The largest absolute Gasteiger partial charge is 0.376 e. The predicted octanol–water partition coefficient (Wildman–Crippen LogP) is 5.06. The molecule has 0 spiro atoms. The summed E-state index contributed by atoms with van der Waals surface area (Å²) < 4.78 is 8.10. The zero-order valence-electron chi connectivity index (χ0n) is 20.0. The fraction of sp³-hybridized carbons (Fsp3) is 0.370. The van der Waals surface area contributed by atoms with Gasteiger partial charge in [0.2, 0.25) is 5.91 Å². The van der Waals surface area contributed by atoms with E-state index in [4.69, 9.17) is 4.74 Å². The normalized spacial score (nSPS) is 20.5. The molecule has 0 radical (unpaired) electrons. The number of nitrogens with zero attached hydrogens (tertiary/aromatic N) is 4. The van der Waals surface area contributed by atoms with Crippen LogP contribution in [0.2, 0.25) is 0 Å². The summed E-state index contributed by atoms with van der Waals surface area (Å²) in [6.45, 7) is 5.55. The van der Waals surface area contributed by atoms with Crippen LogP contribution in [0.3, 0.4) is 0 Å². The topological polar surface area (TPSA) is 76.0 Å². The Morgan fingerprint density at radius 1 is 1.20 bits per heavy atom. The zero-order chi connectivity index (χ0) is 23.9. The van der Waals surface area contributed by atoms with Gasteiger partial charge in [-0.25, -0.2) is 0 Å². The fourth-order valence-corrected chi connectivity index (χ4v) is 6.20. The van der Waals surface area contributed by atoms with Crippen LogP contribution in [0.5, 0.6) is 0 Å². The molecule has 4 heterocycles. The standard InChI is InChI=1S/C27H29N5O2S/c1-17-14-19-8-3-6-12-24(19)32(17)26(33)18(2)35-27-30-29-25(31(27)16-20-9-7-13-34-20)22-15-28-23-11-5-4-10-21(22)23/h3-6,8,10-12,15,17-18,20,28H,7,9,13-14,16H2,1-2H3. The fourth-order valence-electron chi connectivity index (χ4n) is 5.29. The van der Waals surface area contributed by atoms with E-state index in [0.29, 0.717) is 6.54 Å². The van der Waals surface area contributed by atoms with Crippen LogP contribution < -0.4 is 4.90 Å². The lowest BCUT2D eigenvalue weighted by Gasteiger charge is -2.26. The molecule has 6 rings (SSSR count). The Morgan fingerprint density at radius 3 is 2.89 bits per heavy atom. The molecule has 1 saturated heterocycles. The summed E-state index contributed by atoms with van der Waals surface area (Å²) in [5.41, 5.74) is 4.33. The van der Waals surface area contributed by atoms with Gasteiger partial charge < -0.3 is 14.6 Å². The number of aromatic amines is 1. The lowest BCUT2D eigenvalue weighted by molar-refractivity contribution is -0.118. The van der Waals surface area contributed by atoms with Crippen molar-refractivity contribution >= 4 is 34.3 Å². The Bertz CT molecular complexity index is 1370. The van der Waals surface area contributed by atoms with Crippen molar-refractivity contribution in [3.8, 4) is 11.4 Å². The second-order valence-corrected chi connectivity index (χ2v) is 10.8. The number of thioether (sulfide) groups is 1. The number of hydrogen-bond acceptors (Lipinski definition) is 5. The average molecular weight is 488 g/mol. The Balaban J connectivity index is 1.32. The van der Waals surface area contributed by atoms with E-state index in [-0.39, 0.29) is 23.3 Å². The molecule has 8 heteroatoms. The summed E-state index contributed by atoms with van der Waals surface area (Å²) in [6.07, 6.45) is 5.10. The van der Waals surface area contributed by atoms with Crippen LogP contribution in [0, 0.1) is 0 Å². The smallest absolute Gasteiger partial charge is 0.240 e. The van der Waals surface area contributed by atoms with E-state index < -0.39 is 0 Å². The molecule has 35 heavy (non-hydrogen) atoms. The number of benzene rings is 2. The monoisotopic (exact) mass is 487 g/mol. The van der Waals surface area contributed by atoms with Crippen LogP contribution in [0.15, 0.2) is 59.9 Å². The molecule has 2 aromatic carbocycles. The number of rotatable bonds is 6. The molecule has 3 atom stereocenters. The number of aromatic nitrogens is 4. The van der Waals surface area contributed by atoms with Crippen molar-refractivity contribution in [3.05, 3.63) is 60.3 Å². The first-order chi connectivity index (χ1) is 17.1. The number of fused-ring (bicyclic) bond motifs is 2. The first-order valence-corrected chi connectivity index (χ1v) is 13.2. The van der Waals surface area contributed by atoms with E-state index in [1.165, 1.54) is 17.3 Å². The van der Waals surface area contributed by atoms with E-state index in [2.05, 4.69) is 44.9 Å². The maximum absolute atomic E-state index is 13.6. The maximum atomic E-state index is 13.6. The highest BCUT2D eigenvalue weighted by Gasteiger charge is 2.34. The third-order valence-electron chi connectivity index (χ3n) is 7.03. The van der Waals surface area contributed by atoms with Crippen LogP contribution in [0.25, 0.3) is 22.3 Å². The van der Waals surface area contributed by atoms with Gasteiger partial charge in [0.15, 0.2) is 11.0 Å². The van der Waals surface area contributed by atoms with Gasteiger partial charge in [0.1, 0.15) is 0 Å². The molecule has 1 N–H and O–H groups in total. The number of carbonyl (C=O) groups is 1. The van der Waals surface area contributed by atoms with E-state index in [1.807, 2.05) is 48.4 Å². The van der Waals surface area contributed by atoms with Gasteiger partial charge in [-0.3, -0.25) is 9.36 Å². The zero-order valence-corrected chi connectivity index (χ0v) is 20.8. The minimum atomic E-state index is -0.299. The number of anilines is 1. The number of nitrogens with one attached hydrogen (secondary N) is 1.